The molecule has 0 amide bonds. The smallest absolute Gasteiger partial charge is 0.213 e. The summed E-state index contributed by atoms with van der Waals surface area (Å²) in [7, 11) is 0. The van der Waals surface area contributed by atoms with Crippen LogP contribution in [0.15, 0.2) is 36.8 Å². The van der Waals surface area contributed by atoms with Gasteiger partial charge in [-0.3, -0.25) is 0 Å². The zero-order valence-corrected chi connectivity index (χ0v) is 12.9. The summed E-state index contributed by atoms with van der Waals surface area (Å²) >= 11 is 0. The van der Waals surface area contributed by atoms with Crippen molar-refractivity contribution in [2.45, 2.75) is 26.7 Å². The quantitative estimate of drug-likeness (QED) is 0.792. The molecular weight excluding hydrogens is 274 g/mol. The van der Waals surface area contributed by atoms with E-state index in [0.29, 0.717) is 18.3 Å². The zero-order chi connectivity index (χ0) is 15.6. The summed E-state index contributed by atoms with van der Waals surface area (Å²) in [4.78, 5) is 12.6. The molecule has 0 saturated carbocycles. The van der Waals surface area contributed by atoms with Crippen LogP contribution >= 0.6 is 0 Å². The van der Waals surface area contributed by atoms with Crippen molar-refractivity contribution in [1.82, 2.24) is 15.0 Å². The Hall–Kier alpha value is -2.67. The van der Waals surface area contributed by atoms with Crippen LogP contribution in [0.2, 0.25) is 0 Å². The Morgan fingerprint density at radius 1 is 1.05 bits per heavy atom. The SMILES string of the molecule is CCC/C=C/c1cnc(C#Cc2ccc(OCC)nc2)nc1. The Labute approximate surface area is 131 Å². The van der Waals surface area contributed by atoms with Gasteiger partial charge in [-0.25, -0.2) is 15.0 Å². The molecule has 22 heavy (non-hydrogen) atoms. The first-order valence-electron chi connectivity index (χ1n) is 7.41. The highest BCUT2D eigenvalue weighted by Crippen LogP contribution is 2.06. The van der Waals surface area contributed by atoms with Crippen LogP contribution in [0.25, 0.3) is 6.08 Å². The highest BCUT2D eigenvalue weighted by atomic mass is 16.5. The minimum atomic E-state index is 0.501. The molecule has 0 aromatic carbocycles. The first-order valence-corrected chi connectivity index (χ1v) is 7.41. The number of unbranched alkanes of at least 4 members (excludes halogenated alkanes) is 1. The molecule has 0 aliphatic carbocycles. The molecular formula is C18H19N3O. The van der Waals surface area contributed by atoms with E-state index >= 15 is 0 Å². The molecule has 0 aliphatic heterocycles. The van der Waals surface area contributed by atoms with Crippen molar-refractivity contribution in [3.63, 3.8) is 0 Å². The van der Waals surface area contributed by atoms with Crippen LogP contribution in [-0.4, -0.2) is 21.6 Å². The van der Waals surface area contributed by atoms with Crippen molar-refractivity contribution < 1.29 is 4.74 Å². The first-order chi connectivity index (χ1) is 10.8. The van der Waals surface area contributed by atoms with Crippen molar-refractivity contribution in [2.75, 3.05) is 6.61 Å². The maximum Gasteiger partial charge on any atom is 0.213 e. The lowest BCUT2D eigenvalue weighted by atomic mass is 10.2. The van der Waals surface area contributed by atoms with Crippen molar-refractivity contribution in [3.05, 3.63) is 53.8 Å². The zero-order valence-electron chi connectivity index (χ0n) is 12.9. The van der Waals surface area contributed by atoms with Gasteiger partial charge in [0.25, 0.3) is 0 Å². The molecule has 2 aromatic heterocycles. The van der Waals surface area contributed by atoms with Crippen LogP contribution < -0.4 is 4.74 Å². The highest BCUT2D eigenvalue weighted by molar-refractivity contribution is 5.47. The Kier molecular flexibility index (Phi) is 6.13. The fourth-order valence-corrected chi connectivity index (χ4v) is 1.69. The summed E-state index contributed by atoms with van der Waals surface area (Å²) in [5.74, 6) is 7.03. The summed E-state index contributed by atoms with van der Waals surface area (Å²) < 4.78 is 5.29. The fraction of sp³-hybridized carbons (Fsp3) is 0.278. The molecule has 0 aliphatic rings. The number of aromatic nitrogens is 3. The van der Waals surface area contributed by atoms with Crippen LogP contribution in [0.5, 0.6) is 5.88 Å². The molecule has 0 spiro atoms. The highest BCUT2D eigenvalue weighted by Gasteiger charge is 1.94. The van der Waals surface area contributed by atoms with Crippen molar-refractivity contribution in [2.24, 2.45) is 0 Å². The maximum absolute atomic E-state index is 5.29. The van der Waals surface area contributed by atoms with Crippen LogP contribution in [0.3, 0.4) is 0 Å². The molecule has 2 rings (SSSR count). The summed E-state index contributed by atoms with van der Waals surface area (Å²) in [5, 5.41) is 0. The van der Waals surface area contributed by atoms with Crippen LogP contribution in [0.1, 0.15) is 43.6 Å². The summed E-state index contributed by atoms with van der Waals surface area (Å²) in [6.45, 7) is 4.67. The Balaban J connectivity index is 2.01. The van der Waals surface area contributed by atoms with Crippen molar-refractivity contribution >= 4 is 6.08 Å². The molecule has 2 heterocycles. The number of allylic oxidation sites excluding steroid dienone is 1. The van der Waals surface area contributed by atoms with E-state index in [-0.39, 0.29) is 0 Å². The van der Waals surface area contributed by atoms with Crippen LogP contribution in [0.4, 0.5) is 0 Å². The molecule has 2 aromatic rings. The largest absolute Gasteiger partial charge is 0.478 e. The molecule has 0 saturated heterocycles. The number of rotatable bonds is 5. The summed E-state index contributed by atoms with van der Waals surface area (Å²) in [6.07, 6.45) is 11.6. The maximum atomic E-state index is 5.29. The minimum absolute atomic E-state index is 0.501. The average molecular weight is 293 g/mol. The van der Waals surface area contributed by atoms with Gasteiger partial charge in [0, 0.05) is 35.8 Å². The number of hydrogen-bond donors (Lipinski definition) is 0. The Morgan fingerprint density at radius 3 is 2.50 bits per heavy atom. The monoisotopic (exact) mass is 293 g/mol. The molecule has 112 valence electrons. The predicted molar refractivity (Wildman–Crippen MR) is 87.4 cm³/mol. The van der Waals surface area contributed by atoms with Gasteiger partial charge >= 0.3 is 0 Å². The van der Waals surface area contributed by atoms with Gasteiger partial charge < -0.3 is 4.74 Å². The Morgan fingerprint density at radius 2 is 1.86 bits per heavy atom. The molecule has 0 fully saturated rings. The van der Waals surface area contributed by atoms with Crippen molar-refractivity contribution in [3.8, 4) is 17.7 Å². The molecule has 0 radical (unpaired) electrons. The van der Waals surface area contributed by atoms with Gasteiger partial charge in [0.05, 0.1) is 6.61 Å². The van der Waals surface area contributed by atoms with E-state index in [2.05, 4.69) is 39.8 Å². The van der Waals surface area contributed by atoms with Gasteiger partial charge in [0.15, 0.2) is 0 Å². The van der Waals surface area contributed by atoms with Gasteiger partial charge in [0.1, 0.15) is 0 Å². The fourth-order valence-electron chi connectivity index (χ4n) is 1.69. The first kappa shape index (κ1) is 15.7. The van der Waals surface area contributed by atoms with E-state index in [9.17, 15) is 0 Å². The lowest BCUT2D eigenvalue weighted by molar-refractivity contribution is 0.327. The normalized spacial score (nSPS) is 10.3. The minimum Gasteiger partial charge on any atom is -0.478 e. The van der Waals surface area contributed by atoms with E-state index < -0.39 is 0 Å². The molecule has 0 bridgehead atoms. The number of hydrogen-bond acceptors (Lipinski definition) is 4. The number of pyridine rings is 1. The van der Waals surface area contributed by atoms with Gasteiger partial charge in [-0.15, -0.1) is 0 Å². The number of ether oxygens (including phenoxy) is 1. The lowest BCUT2D eigenvalue weighted by Crippen LogP contribution is -1.93. The van der Waals surface area contributed by atoms with E-state index in [1.807, 2.05) is 19.1 Å². The second-order valence-electron chi connectivity index (χ2n) is 4.60. The number of nitrogens with zero attached hydrogens (tertiary/aromatic N) is 3. The summed E-state index contributed by atoms with van der Waals surface area (Å²) in [5.41, 5.74) is 1.79. The Bertz CT molecular complexity index is 664. The second-order valence-corrected chi connectivity index (χ2v) is 4.60. The predicted octanol–water partition coefficient (Wildman–Crippen LogP) is 3.48. The molecule has 0 atom stereocenters. The van der Waals surface area contributed by atoms with Crippen molar-refractivity contribution in [1.29, 1.82) is 0 Å². The molecule has 0 unspecified atom stereocenters. The molecule has 0 N–H and O–H groups in total. The third-order valence-electron chi connectivity index (χ3n) is 2.78. The van der Waals surface area contributed by atoms with Gasteiger partial charge in [-0.05, 0) is 25.3 Å². The second kappa shape index (κ2) is 8.58. The standard InChI is InChI=1S/C18H19N3O/c1-3-5-6-7-16-13-19-17(20-14-16)10-8-15-9-11-18(21-12-15)22-4-2/h6-7,9,11-14H,3-5H2,1-2H3/b7-6+. The van der Waals surface area contributed by atoms with Gasteiger partial charge in [-0.1, -0.05) is 31.4 Å². The van der Waals surface area contributed by atoms with E-state index in [0.717, 1.165) is 24.0 Å². The lowest BCUT2D eigenvalue weighted by Gasteiger charge is -1.99. The van der Waals surface area contributed by atoms with E-state index in [1.54, 1.807) is 24.7 Å². The third kappa shape index (κ3) is 5.02. The average Bonchev–Trinajstić information content (AvgIpc) is 2.56. The topological polar surface area (TPSA) is 47.9 Å². The van der Waals surface area contributed by atoms with Gasteiger partial charge in [-0.2, -0.15) is 0 Å². The van der Waals surface area contributed by atoms with E-state index in [1.165, 1.54) is 0 Å². The van der Waals surface area contributed by atoms with E-state index in [4.69, 9.17) is 4.74 Å². The van der Waals surface area contributed by atoms with Crippen LogP contribution in [0, 0.1) is 11.8 Å². The molecule has 4 nitrogen and oxygen atoms in total. The third-order valence-corrected chi connectivity index (χ3v) is 2.78. The summed E-state index contributed by atoms with van der Waals surface area (Å²) in [6, 6.07) is 3.67. The molecule has 4 heteroatoms. The van der Waals surface area contributed by atoms with Gasteiger partial charge in [0.2, 0.25) is 11.7 Å². The van der Waals surface area contributed by atoms with Crippen LogP contribution in [-0.2, 0) is 0 Å².